The Bertz CT molecular complexity index is 353. The fourth-order valence-electron chi connectivity index (χ4n) is 1.07. The van der Waals surface area contributed by atoms with Crippen LogP contribution in [0.2, 0.25) is 0 Å². The number of nitrogens with zero attached hydrogens (tertiary/aromatic N) is 1. The molecule has 0 fully saturated rings. The molecule has 1 rings (SSSR count). The minimum absolute atomic E-state index is 0.169. The molecule has 0 heterocycles. The van der Waals surface area contributed by atoms with E-state index in [1.165, 1.54) is 12.1 Å². The molecule has 0 aromatic heterocycles. The van der Waals surface area contributed by atoms with Crippen molar-refractivity contribution in [2.24, 2.45) is 16.6 Å². The Morgan fingerprint density at radius 2 is 1.80 bits per heavy atom. The Balaban J connectivity index is 2.90. The third kappa shape index (κ3) is 3.65. The molecule has 0 radical (unpaired) electrons. The minimum Gasteiger partial charge on any atom is -0.384 e. The Kier molecular flexibility index (Phi) is 3.77. The zero-order chi connectivity index (χ0) is 11.4. The zero-order valence-corrected chi connectivity index (χ0v) is 8.80. The van der Waals surface area contributed by atoms with E-state index in [1.54, 1.807) is 0 Å². The number of hydrogen-bond donors (Lipinski definition) is 1. The summed E-state index contributed by atoms with van der Waals surface area (Å²) in [6, 6.07) is 3.14. The summed E-state index contributed by atoms with van der Waals surface area (Å²) in [5.41, 5.74) is 5.88. The highest BCUT2D eigenvalue weighted by Crippen LogP contribution is 2.08. The van der Waals surface area contributed by atoms with Gasteiger partial charge in [0.2, 0.25) is 0 Å². The first-order chi connectivity index (χ1) is 6.99. The molecule has 4 heteroatoms. The second kappa shape index (κ2) is 4.87. The summed E-state index contributed by atoms with van der Waals surface area (Å²) in [7, 11) is 0. The van der Waals surface area contributed by atoms with Gasteiger partial charge in [-0.25, -0.2) is 8.78 Å². The van der Waals surface area contributed by atoms with E-state index in [2.05, 4.69) is 4.99 Å². The fraction of sp³-hybridized carbons (Fsp3) is 0.364. The van der Waals surface area contributed by atoms with Gasteiger partial charge in [0.25, 0.3) is 0 Å². The van der Waals surface area contributed by atoms with E-state index in [-0.39, 0.29) is 11.4 Å². The number of rotatable bonds is 3. The van der Waals surface area contributed by atoms with Crippen LogP contribution < -0.4 is 5.73 Å². The predicted octanol–water partition coefficient (Wildman–Crippen LogP) is 2.33. The van der Waals surface area contributed by atoms with Crippen LogP contribution in [-0.4, -0.2) is 12.4 Å². The highest BCUT2D eigenvalue weighted by atomic mass is 19.1. The van der Waals surface area contributed by atoms with Crippen LogP contribution in [0.15, 0.2) is 23.2 Å². The molecule has 82 valence electrons. The molecule has 0 saturated carbocycles. The monoisotopic (exact) mass is 212 g/mol. The Hall–Kier alpha value is -1.45. The van der Waals surface area contributed by atoms with Gasteiger partial charge in [-0.15, -0.1) is 0 Å². The Morgan fingerprint density at radius 3 is 2.27 bits per heavy atom. The third-order valence-corrected chi connectivity index (χ3v) is 1.79. The zero-order valence-electron chi connectivity index (χ0n) is 8.80. The van der Waals surface area contributed by atoms with Crippen molar-refractivity contribution in [3.63, 3.8) is 0 Å². The van der Waals surface area contributed by atoms with Crippen molar-refractivity contribution in [2.45, 2.75) is 13.8 Å². The van der Waals surface area contributed by atoms with E-state index in [9.17, 15) is 8.78 Å². The van der Waals surface area contributed by atoms with E-state index in [0.717, 1.165) is 6.07 Å². The lowest BCUT2D eigenvalue weighted by Gasteiger charge is -2.03. The van der Waals surface area contributed by atoms with Crippen molar-refractivity contribution in [2.75, 3.05) is 6.54 Å². The van der Waals surface area contributed by atoms with Crippen molar-refractivity contribution >= 4 is 5.84 Å². The summed E-state index contributed by atoms with van der Waals surface area (Å²) < 4.78 is 25.7. The number of amidine groups is 1. The summed E-state index contributed by atoms with van der Waals surface area (Å²) in [6.45, 7) is 4.52. The maximum Gasteiger partial charge on any atom is 0.126 e. The van der Waals surface area contributed by atoms with Crippen LogP contribution in [0.25, 0.3) is 0 Å². The van der Waals surface area contributed by atoms with Gasteiger partial charge in [-0.3, -0.25) is 4.99 Å². The van der Waals surface area contributed by atoms with Crippen LogP contribution in [0.5, 0.6) is 0 Å². The molecule has 0 bridgehead atoms. The van der Waals surface area contributed by atoms with Crippen molar-refractivity contribution in [1.82, 2.24) is 0 Å². The fourth-order valence-corrected chi connectivity index (χ4v) is 1.07. The second-order valence-electron chi connectivity index (χ2n) is 3.78. The Labute approximate surface area is 87.8 Å². The average Bonchev–Trinajstić information content (AvgIpc) is 2.12. The van der Waals surface area contributed by atoms with E-state index in [4.69, 9.17) is 5.73 Å². The van der Waals surface area contributed by atoms with Gasteiger partial charge in [-0.1, -0.05) is 13.8 Å². The van der Waals surface area contributed by atoms with Gasteiger partial charge in [0.15, 0.2) is 0 Å². The Morgan fingerprint density at radius 1 is 1.27 bits per heavy atom. The molecule has 2 N–H and O–H groups in total. The van der Waals surface area contributed by atoms with Crippen LogP contribution in [0.1, 0.15) is 19.4 Å². The van der Waals surface area contributed by atoms with Gasteiger partial charge in [-0.05, 0) is 18.1 Å². The molecular formula is C11H14F2N2. The van der Waals surface area contributed by atoms with E-state index < -0.39 is 11.6 Å². The predicted molar refractivity (Wildman–Crippen MR) is 56.8 cm³/mol. The van der Waals surface area contributed by atoms with Crippen LogP contribution in [-0.2, 0) is 0 Å². The van der Waals surface area contributed by atoms with Gasteiger partial charge in [-0.2, -0.15) is 0 Å². The van der Waals surface area contributed by atoms with Gasteiger partial charge in [0.1, 0.15) is 17.5 Å². The lowest BCUT2D eigenvalue weighted by atomic mass is 10.2. The maximum atomic E-state index is 12.8. The first-order valence-electron chi connectivity index (χ1n) is 4.75. The normalized spacial score (nSPS) is 12.2. The van der Waals surface area contributed by atoms with Crippen LogP contribution in [0, 0.1) is 17.6 Å². The smallest absolute Gasteiger partial charge is 0.126 e. The highest BCUT2D eigenvalue weighted by molar-refractivity contribution is 5.97. The summed E-state index contributed by atoms with van der Waals surface area (Å²) in [6.07, 6.45) is 0. The highest BCUT2D eigenvalue weighted by Gasteiger charge is 2.04. The number of benzene rings is 1. The van der Waals surface area contributed by atoms with Gasteiger partial charge >= 0.3 is 0 Å². The minimum atomic E-state index is -0.646. The quantitative estimate of drug-likeness (QED) is 0.606. The average molecular weight is 212 g/mol. The molecule has 0 atom stereocenters. The molecule has 0 aliphatic carbocycles. The molecule has 0 unspecified atom stereocenters. The SMILES string of the molecule is CC(C)CN=C(N)c1cc(F)cc(F)c1. The molecule has 0 spiro atoms. The van der Waals surface area contributed by atoms with Crippen LogP contribution in [0.4, 0.5) is 8.78 Å². The molecular weight excluding hydrogens is 198 g/mol. The number of hydrogen-bond acceptors (Lipinski definition) is 1. The summed E-state index contributed by atoms with van der Waals surface area (Å²) in [5, 5.41) is 0. The van der Waals surface area contributed by atoms with Crippen LogP contribution >= 0.6 is 0 Å². The molecule has 2 nitrogen and oxygen atoms in total. The van der Waals surface area contributed by atoms with E-state index >= 15 is 0 Å². The molecule has 1 aromatic carbocycles. The second-order valence-corrected chi connectivity index (χ2v) is 3.78. The molecule has 0 saturated heterocycles. The summed E-state index contributed by atoms with van der Waals surface area (Å²) >= 11 is 0. The largest absolute Gasteiger partial charge is 0.384 e. The van der Waals surface area contributed by atoms with Gasteiger partial charge in [0.05, 0.1) is 0 Å². The topological polar surface area (TPSA) is 38.4 Å². The lowest BCUT2D eigenvalue weighted by Crippen LogP contribution is -2.15. The van der Waals surface area contributed by atoms with E-state index in [0.29, 0.717) is 12.5 Å². The first kappa shape index (κ1) is 11.6. The molecule has 15 heavy (non-hydrogen) atoms. The van der Waals surface area contributed by atoms with E-state index in [1.807, 2.05) is 13.8 Å². The summed E-state index contributed by atoms with van der Waals surface area (Å²) in [5.74, 6) is -0.760. The number of nitrogens with two attached hydrogens (primary N) is 1. The molecule has 0 amide bonds. The first-order valence-corrected chi connectivity index (χ1v) is 4.75. The molecule has 0 aliphatic rings. The summed E-state index contributed by atoms with van der Waals surface area (Å²) in [4.78, 5) is 4.04. The van der Waals surface area contributed by atoms with Crippen molar-refractivity contribution in [3.8, 4) is 0 Å². The van der Waals surface area contributed by atoms with Crippen molar-refractivity contribution in [3.05, 3.63) is 35.4 Å². The van der Waals surface area contributed by atoms with Crippen molar-refractivity contribution in [1.29, 1.82) is 0 Å². The maximum absolute atomic E-state index is 12.8. The van der Waals surface area contributed by atoms with Crippen molar-refractivity contribution < 1.29 is 8.78 Å². The van der Waals surface area contributed by atoms with Gasteiger partial charge < -0.3 is 5.73 Å². The van der Waals surface area contributed by atoms with Gasteiger partial charge in [0, 0.05) is 18.2 Å². The standard InChI is InChI=1S/C11H14F2N2/c1-7(2)6-15-11(14)8-3-9(12)5-10(13)4-8/h3-5,7H,6H2,1-2H3,(H2,14,15). The molecule has 0 aliphatic heterocycles. The number of halogens is 2. The number of aliphatic imine (C=N–C) groups is 1. The van der Waals surface area contributed by atoms with Crippen LogP contribution in [0.3, 0.4) is 0 Å². The lowest BCUT2D eigenvalue weighted by molar-refractivity contribution is 0.582. The third-order valence-electron chi connectivity index (χ3n) is 1.79. The molecule has 1 aromatic rings.